The Bertz CT molecular complexity index is 1160. The maximum absolute atomic E-state index is 13.5. The van der Waals surface area contributed by atoms with Crippen molar-refractivity contribution in [2.24, 2.45) is 0 Å². The van der Waals surface area contributed by atoms with Gasteiger partial charge in [-0.25, -0.2) is 12.8 Å². The lowest BCUT2D eigenvalue weighted by Crippen LogP contribution is -2.51. The summed E-state index contributed by atoms with van der Waals surface area (Å²) in [4.78, 5) is 28.4. The number of carbonyl (C=O) groups excluding carboxylic acids is 2. The Kier molecular flexibility index (Phi) is 10.1. The number of benzene rings is 2. The lowest BCUT2D eigenvalue weighted by molar-refractivity contribution is -0.141. The van der Waals surface area contributed by atoms with E-state index in [1.807, 2.05) is 38.1 Å². The van der Waals surface area contributed by atoms with Crippen molar-refractivity contribution in [2.45, 2.75) is 77.4 Å². The smallest absolute Gasteiger partial charge is 0.243 e. The molecule has 9 heteroatoms. The Hall–Kier alpha value is -2.94. The Labute approximate surface area is 220 Å². The van der Waals surface area contributed by atoms with Gasteiger partial charge in [0.15, 0.2) is 0 Å². The molecule has 0 aliphatic heterocycles. The van der Waals surface area contributed by atoms with Crippen molar-refractivity contribution in [3.05, 3.63) is 65.5 Å². The molecular formula is C28H38FN3O4S. The number of sulfonamides is 1. The summed E-state index contributed by atoms with van der Waals surface area (Å²) in [6.45, 7) is 4.24. The molecule has 1 aliphatic carbocycles. The van der Waals surface area contributed by atoms with Gasteiger partial charge >= 0.3 is 0 Å². The fourth-order valence-corrected chi connectivity index (χ4v) is 5.87. The predicted octanol–water partition coefficient (Wildman–Crippen LogP) is 4.55. The minimum Gasteiger partial charge on any atom is -0.352 e. The molecule has 0 aromatic heterocycles. The van der Waals surface area contributed by atoms with E-state index < -0.39 is 21.9 Å². The van der Waals surface area contributed by atoms with E-state index in [0.29, 0.717) is 18.7 Å². The van der Waals surface area contributed by atoms with E-state index >= 15 is 0 Å². The van der Waals surface area contributed by atoms with Gasteiger partial charge in [-0.2, -0.15) is 0 Å². The van der Waals surface area contributed by atoms with Crippen molar-refractivity contribution in [1.29, 1.82) is 0 Å². The van der Waals surface area contributed by atoms with Crippen molar-refractivity contribution in [3.8, 4) is 0 Å². The number of anilines is 1. The average molecular weight is 532 g/mol. The highest BCUT2D eigenvalue weighted by Gasteiger charge is 2.30. The summed E-state index contributed by atoms with van der Waals surface area (Å²) in [7, 11) is -3.63. The number of nitrogens with one attached hydrogen (secondary N) is 1. The van der Waals surface area contributed by atoms with Gasteiger partial charge in [0, 0.05) is 25.6 Å². The van der Waals surface area contributed by atoms with Gasteiger partial charge in [0.05, 0.1) is 11.9 Å². The molecule has 0 radical (unpaired) electrons. The van der Waals surface area contributed by atoms with E-state index in [4.69, 9.17) is 0 Å². The lowest BCUT2D eigenvalue weighted by atomic mass is 10.1. The van der Waals surface area contributed by atoms with Crippen LogP contribution in [0, 0.1) is 12.7 Å². The van der Waals surface area contributed by atoms with Crippen LogP contribution in [0.4, 0.5) is 10.1 Å². The number of aryl methyl sites for hydroxylation is 1. The first kappa shape index (κ1) is 28.6. The number of hydrogen-bond donors (Lipinski definition) is 1. The first-order valence-electron chi connectivity index (χ1n) is 13.0. The van der Waals surface area contributed by atoms with Crippen molar-refractivity contribution >= 4 is 27.5 Å². The van der Waals surface area contributed by atoms with Gasteiger partial charge in [-0.05, 0) is 62.4 Å². The monoisotopic (exact) mass is 531 g/mol. The Morgan fingerprint density at radius 1 is 1.11 bits per heavy atom. The largest absolute Gasteiger partial charge is 0.352 e. The van der Waals surface area contributed by atoms with Crippen molar-refractivity contribution in [1.82, 2.24) is 10.2 Å². The molecule has 2 aromatic rings. The molecule has 1 atom stereocenters. The van der Waals surface area contributed by atoms with Crippen LogP contribution in [0.1, 0.15) is 63.0 Å². The average Bonchev–Trinajstić information content (AvgIpc) is 3.34. The molecule has 1 saturated carbocycles. The van der Waals surface area contributed by atoms with Crippen LogP contribution in [0.5, 0.6) is 0 Å². The van der Waals surface area contributed by atoms with Crippen molar-refractivity contribution in [2.75, 3.05) is 17.1 Å². The first-order valence-corrected chi connectivity index (χ1v) is 14.8. The van der Waals surface area contributed by atoms with Crippen LogP contribution in [0.15, 0.2) is 48.5 Å². The van der Waals surface area contributed by atoms with E-state index in [0.717, 1.165) is 43.1 Å². The second-order valence-corrected chi connectivity index (χ2v) is 11.7. The minimum absolute atomic E-state index is 0.0690. The molecule has 2 aromatic carbocycles. The van der Waals surface area contributed by atoms with Crippen LogP contribution >= 0.6 is 0 Å². The standard InChI is InChI=1S/C28H38FN3O4S/c1-4-26(28(34)30-24-11-5-6-12-24)31(20-22-10-7-9-21(2)19-22)27(33)13-8-18-32(37(3,35)36)25-16-14-23(29)15-17-25/h7,9-10,14-17,19,24,26H,4-6,8,11-13,18,20H2,1-3H3,(H,30,34)/t26-/m1/s1. The van der Waals surface area contributed by atoms with E-state index in [2.05, 4.69) is 5.32 Å². The summed E-state index contributed by atoms with van der Waals surface area (Å²) in [5.41, 5.74) is 2.34. The molecular weight excluding hydrogens is 493 g/mol. The van der Waals surface area contributed by atoms with Crippen LogP contribution < -0.4 is 9.62 Å². The molecule has 0 heterocycles. The van der Waals surface area contributed by atoms with Gasteiger partial charge < -0.3 is 10.2 Å². The van der Waals surface area contributed by atoms with Gasteiger partial charge in [0.2, 0.25) is 21.8 Å². The molecule has 1 aliphatic rings. The summed E-state index contributed by atoms with van der Waals surface area (Å²) < 4.78 is 39.3. The zero-order chi connectivity index (χ0) is 27.0. The van der Waals surface area contributed by atoms with Crippen LogP contribution in [-0.2, 0) is 26.2 Å². The summed E-state index contributed by atoms with van der Waals surface area (Å²) >= 11 is 0. The second kappa shape index (κ2) is 13.0. The molecule has 0 unspecified atom stereocenters. The molecule has 1 fully saturated rings. The Morgan fingerprint density at radius 3 is 2.38 bits per heavy atom. The number of halogens is 1. The third kappa shape index (κ3) is 8.28. The molecule has 0 bridgehead atoms. The fraction of sp³-hybridized carbons (Fsp3) is 0.500. The highest BCUT2D eigenvalue weighted by Crippen LogP contribution is 2.22. The van der Waals surface area contributed by atoms with Crippen LogP contribution in [-0.4, -0.2) is 50.0 Å². The SMILES string of the molecule is CC[C@H](C(=O)NC1CCCC1)N(Cc1cccc(C)c1)C(=O)CCCN(c1ccc(F)cc1)S(C)(=O)=O. The maximum Gasteiger partial charge on any atom is 0.243 e. The van der Waals surface area contributed by atoms with E-state index in [1.54, 1.807) is 4.90 Å². The minimum atomic E-state index is -3.63. The second-order valence-electron chi connectivity index (χ2n) is 9.84. The molecule has 0 saturated heterocycles. The van der Waals surface area contributed by atoms with Crippen molar-refractivity contribution < 1.29 is 22.4 Å². The van der Waals surface area contributed by atoms with E-state index in [-0.39, 0.29) is 37.2 Å². The van der Waals surface area contributed by atoms with Gasteiger partial charge in [0.1, 0.15) is 11.9 Å². The van der Waals surface area contributed by atoms with Gasteiger partial charge in [-0.3, -0.25) is 13.9 Å². The summed E-state index contributed by atoms with van der Waals surface area (Å²) in [5.74, 6) is -0.803. The first-order chi connectivity index (χ1) is 17.6. The number of rotatable bonds is 12. The van der Waals surface area contributed by atoms with E-state index in [9.17, 15) is 22.4 Å². The quantitative estimate of drug-likeness (QED) is 0.436. The van der Waals surface area contributed by atoms with E-state index in [1.165, 1.54) is 28.6 Å². The molecule has 0 spiro atoms. The maximum atomic E-state index is 13.5. The van der Waals surface area contributed by atoms with Gasteiger partial charge in [0.25, 0.3) is 0 Å². The van der Waals surface area contributed by atoms with Crippen LogP contribution in [0.25, 0.3) is 0 Å². The fourth-order valence-electron chi connectivity index (χ4n) is 4.91. The zero-order valence-corrected chi connectivity index (χ0v) is 22.8. The van der Waals surface area contributed by atoms with Crippen molar-refractivity contribution in [3.63, 3.8) is 0 Å². The van der Waals surface area contributed by atoms with Crippen LogP contribution in [0.2, 0.25) is 0 Å². The number of amides is 2. The van der Waals surface area contributed by atoms with Gasteiger partial charge in [-0.15, -0.1) is 0 Å². The highest BCUT2D eigenvalue weighted by atomic mass is 32.2. The molecule has 7 nitrogen and oxygen atoms in total. The normalized spacial score (nSPS) is 14.8. The summed E-state index contributed by atoms with van der Waals surface area (Å²) in [6.07, 6.45) is 6.00. The number of carbonyl (C=O) groups is 2. The third-order valence-electron chi connectivity index (χ3n) is 6.79. The summed E-state index contributed by atoms with van der Waals surface area (Å²) in [5, 5.41) is 3.13. The Balaban J connectivity index is 1.75. The predicted molar refractivity (Wildman–Crippen MR) is 144 cm³/mol. The zero-order valence-electron chi connectivity index (χ0n) is 22.0. The van der Waals surface area contributed by atoms with Gasteiger partial charge in [-0.1, -0.05) is 49.6 Å². The molecule has 2 amide bonds. The lowest BCUT2D eigenvalue weighted by Gasteiger charge is -2.32. The highest BCUT2D eigenvalue weighted by molar-refractivity contribution is 7.92. The number of nitrogens with zero attached hydrogens (tertiary/aromatic N) is 2. The van der Waals surface area contributed by atoms with Crippen LogP contribution in [0.3, 0.4) is 0 Å². The summed E-state index contributed by atoms with van der Waals surface area (Å²) in [6, 6.07) is 12.6. The molecule has 1 N–H and O–H groups in total. The molecule has 3 rings (SSSR count). The number of hydrogen-bond acceptors (Lipinski definition) is 4. The third-order valence-corrected chi connectivity index (χ3v) is 7.98. The molecule has 202 valence electrons. The Morgan fingerprint density at radius 2 is 1.78 bits per heavy atom. The topological polar surface area (TPSA) is 86.8 Å². The molecule has 37 heavy (non-hydrogen) atoms.